The molecule has 0 aliphatic heterocycles. The number of pyridine rings is 1. The number of nitrogens with one attached hydrogen (secondary N) is 1. The van der Waals surface area contributed by atoms with Gasteiger partial charge in [-0.15, -0.1) is 0 Å². The quantitative estimate of drug-likeness (QED) is 0.572. The van der Waals surface area contributed by atoms with Crippen LogP contribution < -0.4 is 16.8 Å². The van der Waals surface area contributed by atoms with Crippen molar-refractivity contribution in [2.45, 2.75) is 6.42 Å². The van der Waals surface area contributed by atoms with Crippen molar-refractivity contribution in [3.8, 4) is 0 Å². The highest BCUT2D eigenvalue weighted by molar-refractivity contribution is 5.91. The molecule has 1 aromatic rings. The van der Waals surface area contributed by atoms with Gasteiger partial charge in [0.2, 0.25) is 0 Å². The van der Waals surface area contributed by atoms with E-state index in [0.29, 0.717) is 12.4 Å². The molecule has 0 spiro atoms. The van der Waals surface area contributed by atoms with Crippen LogP contribution >= 0.6 is 0 Å². The van der Waals surface area contributed by atoms with Gasteiger partial charge in [-0.1, -0.05) is 6.07 Å². The van der Waals surface area contributed by atoms with Crippen molar-refractivity contribution in [1.82, 2.24) is 4.98 Å². The fourth-order valence-corrected chi connectivity index (χ4v) is 0.989. The van der Waals surface area contributed by atoms with Gasteiger partial charge in [0.25, 0.3) is 5.91 Å². The second-order valence-electron chi connectivity index (χ2n) is 2.84. The van der Waals surface area contributed by atoms with E-state index >= 15 is 0 Å². The summed E-state index contributed by atoms with van der Waals surface area (Å²) in [6.45, 7) is 1.37. The SMILES string of the molecule is NCCCNc1cccc(C(N)=O)n1. The first-order valence-electron chi connectivity index (χ1n) is 4.45. The van der Waals surface area contributed by atoms with Crippen molar-refractivity contribution in [2.75, 3.05) is 18.4 Å². The van der Waals surface area contributed by atoms with E-state index in [1.807, 2.05) is 0 Å². The van der Waals surface area contributed by atoms with E-state index < -0.39 is 5.91 Å². The van der Waals surface area contributed by atoms with Gasteiger partial charge in [0.15, 0.2) is 0 Å². The average molecular weight is 194 g/mol. The summed E-state index contributed by atoms with van der Waals surface area (Å²) in [5, 5.41) is 3.04. The van der Waals surface area contributed by atoms with Crippen LogP contribution in [0.1, 0.15) is 16.9 Å². The minimum absolute atomic E-state index is 0.266. The van der Waals surface area contributed by atoms with Gasteiger partial charge in [-0.2, -0.15) is 0 Å². The number of carbonyl (C=O) groups excluding carboxylic acids is 1. The Labute approximate surface area is 82.5 Å². The Hall–Kier alpha value is -1.62. The van der Waals surface area contributed by atoms with E-state index in [0.717, 1.165) is 13.0 Å². The van der Waals surface area contributed by atoms with Gasteiger partial charge in [0.05, 0.1) is 0 Å². The molecule has 0 aliphatic carbocycles. The fourth-order valence-electron chi connectivity index (χ4n) is 0.989. The topological polar surface area (TPSA) is 94.0 Å². The number of hydrogen-bond acceptors (Lipinski definition) is 4. The third-order valence-corrected chi connectivity index (χ3v) is 1.69. The zero-order valence-electron chi connectivity index (χ0n) is 7.86. The number of nitrogens with zero attached hydrogens (tertiary/aromatic N) is 1. The number of carbonyl (C=O) groups is 1. The van der Waals surface area contributed by atoms with Crippen molar-refractivity contribution < 1.29 is 4.79 Å². The molecule has 0 atom stereocenters. The highest BCUT2D eigenvalue weighted by Gasteiger charge is 2.01. The van der Waals surface area contributed by atoms with Crippen molar-refractivity contribution in [3.05, 3.63) is 23.9 Å². The number of rotatable bonds is 5. The lowest BCUT2D eigenvalue weighted by molar-refractivity contribution is 0.0995. The van der Waals surface area contributed by atoms with Crippen LogP contribution in [0.3, 0.4) is 0 Å². The molecule has 0 aliphatic rings. The summed E-state index contributed by atoms with van der Waals surface area (Å²) in [5.74, 6) is 0.127. The fraction of sp³-hybridized carbons (Fsp3) is 0.333. The van der Waals surface area contributed by atoms with Crippen LogP contribution in [-0.4, -0.2) is 24.0 Å². The average Bonchev–Trinajstić information content (AvgIpc) is 2.19. The summed E-state index contributed by atoms with van der Waals surface area (Å²) < 4.78 is 0. The molecule has 14 heavy (non-hydrogen) atoms. The minimum Gasteiger partial charge on any atom is -0.370 e. The van der Waals surface area contributed by atoms with Crippen LogP contribution in [-0.2, 0) is 0 Å². The molecule has 0 fully saturated rings. The summed E-state index contributed by atoms with van der Waals surface area (Å²) in [6, 6.07) is 5.09. The number of anilines is 1. The van der Waals surface area contributed by atoms with Gasteiger partial charge in [-0.05, 0) is 25.1 Å². The van der Waals surface area contributed by atoms with Gasteiger partial charge in [0, 0.05) is 6.54 Å². The standard InChI is InChI=1S/C9H14N4O/c10-5-2-6-12-8-4-1-3-7(13-8)9(11)14/h1,3-4H,2,5-6,10H2,(H2,11,14)(H,12,13). The molecule has 1 aromatic heterocycles. The van der Waals surface area contributed by atoms with Crippen molar-refractivity contribution >= 4 is 11.7 Å². The molecule has 5 N–H and O–H groups in total. The van der Waals surface area contributed by atoms with E-state index in [4.69, 9.17) is 11.5 Å². The van der Waals surface area contributed by atoms with E-state index in [1.165, 1.54) is 0 Å². The Morgan fingerprint density at radius 3 is 2.93 bits per heavy atom. The summed E-state index contributed by atoms with van der Waals surface area (Å²) in [4.78, 5) is 14.8. The summed E-state index contributed by atoms with van der Waals surface area (Å²) >= 11 is 0. The molecule has 5 nitrogen and oxygen atoms in total. The Morgan fingerprint density at radius 2 is 2.29 bits per heavy atom. The Bertz CT molecular complexity index is 313. The molecule has 0 saturated heterocycles. The Balaban J connectivity index is 2.59. The lowest BCUT2D eigenvalue weighted by atomic mass is 10.3. The second kappa shape index (κ2) is 5.18. The zero-order chi connectivity index (χ0) is 10.4. The predicted molar refractivity (Wildman–Crippen MR) is 54.9 cm³/mol. The third-order valence-electron chi connectivity index (χ3n) is 1.69. The van der Waals surface area contributed by atoms with E-state index in [1.54, 1.807) is 18.2 Å². The van der Waals surface area contributed by atoms with Crippen LogP contribution in [0.25, 0.3) is 0 Å². The summed E-state index contributed by atoms with van der Waals surface area (Å²) in [7, 11) is 0. The largest absolute Gasteiger partial charge is 0.370 e. The number of hydrogen-bond donors (Lipinski definition) is 3. The molecule has 1 heterocycles. The van der Waals surface area contributed by atoms with Crippen molar-refractivity contribution in [3.63, 3.8) is 0 Å². The van der Waals surface area contributed by atoms with Crippen LogP contribution in [0.2, 0.25) is 0 Å². The van der Waals surface area contributed by atoms with Gasteiger partial charge in [-0.3, -0.25) is 4.79 Å². The van der Waals surface area contributed by atoms with Gasteiger partial charge in [0.1, 0.15) is 11.5 Å². The van der Waals surface area contributed by atoms with Crippen molar-refractivity contribution in [1.29, 1.82) is 0 Å². The molecule has 0 radical (unpaired) electrons. The van der Waals surface area contributed by atoms with Gasteiger partial charge < -0.3 is 16.8 Å². The smallest absolute Gasteiger partial charge is 0.267 e. The number of primary amides is 1. The zero-order valence-corrected chi connectivity index (χ0v) is 7.86. The summed E-state index contributed by atoms with van der Waals surface area (Å²) in [6.07, 6.45) is 0.864. The molecule has 5 heteroatoms. The molecule has 0 saturated carbocycles. The van der Waals surface area contributed by atoms with Gasteiger partial charge >= 0.3 is 0 Å². The maximum absolute atomic E-state index is 10.8. The van der Waals surface area contributed by atoms with E-state index in [2.05, 4.69) is 10.3 Å². The molecular formula is C9H14N4O. The lowest BCUT2D eigenvalue weighted by Crippen LogP contribution is -2.15. The highest BCUT2D eigenvalue weighted by atomic mass is 16.1. The van der Waals surface area contributed by atoms with E-state index in [9.17, 15) is 4.79 Å². The first-order chi connectivity index (χ1) is 6.74. The molecule has 0 bridgehead atoms. The maximum atomic E-state index is 10.8. The Morgan fingerprint density at radius 1 is 1.50 bits per heavy atom. The monoisotopic (exact) mass is 194 g/mol. The maximum Gasteiger partial charge on any atom is 0.267 e. The molecule has 76 valence electrons. The number of nitrogens with two attached hydrogens (primary N) is 2. The number of aromatic nitrogens is 1. The first kappa shape index (κ1) is 10.5. The normalized spacial score (nSPS) is 9.79. The predicted octanol–water partition coefficient (Wildman–Crippen LogP) is -0.0588. The Kier molecular flexibility index (Phi) is 3.87. The molecular weight excluding hydrogens is 180 g/mol. The van der Waals surface area contributed by atoms with Crippen LogP contribution in [0, 0.1) is 0 Å². The molecule has 0 aromatic carbocycles. The first-order valence-corrected chi connectivity index (χ1v) is 4.45. The summed E-state index contributed by atoms with van der Waals surface area (Å²) in [5.41, 5.74) is 10.7. The number of amides is 1. The van der Waals surface area contributed by atoms with E-state index in [-0.39, 0.29) is 5.69 Å². The molecule has 1 rings (SSSR count). The van der Waals surface area contributed by atoms with Crippen LogP contribution in [0.15, 0.2) is 18.2 Å². The third kappa shape index (κ3) is 3.02. The van der Waals surface area contributed by atoms with Crippen molar-refractivity contribution in [2.24, 2.45) is 11.5 Å². The van der Waals surface area contributed by atoms with Crippen LogP contribution in [0.5, 0.6) is 0 Å². The lowest BCUT2D eigenvalue weighted by Gasteiger charge is -2.04. The van der Waals surface area contributed by atoms with Crippen LogP contribution in [0.4, 0.5) is 5.82 Å². The minimum atomic E-state index is -0.521. The van der Waals surface area contributed by atoms with Gasteiger partial charge in [-0.25, -0.2) is 4.98 Å². The molecule has 0 unspecified atom stereocenters. The second-order valence-corrected chi connectivity index (χ2v) is 2.84. The highest BCUT2D eigenvalue weighted by Crippen LogP contribution is 2.03. The molecule has 1 amide bonds.